The molecule has 2 unspecified atom stereocenters. The standard InChI is InChI=1S/C16H19N/c1-12-5-3-4-6-16(12)15-9-7-14(8-10-15)13(2)11-17/h6-10,12-13H,3-5H2,1-2H3. The molecule has 88 valence electrons. The molecule has 1 aliphatic carbocycles. The fourth-order valence-electron chi connectivity index (χ4n) is 2.48. The van der Waals surface area contributed by atoms with E-state index in [1.54, 1.807) is 0 Å². The summed E-state index contributed by atoms with van der Waals surface area (Å²) < 4.78 is 0. The Balaban J connectivity index is 2.24. The van der Waals surface area contributed by atoms with E-state index < -0.39 is 0 Å². The average molecular weight is 225 g/mol. The molecular weight excluding hydrogens is 206 g/mol. The van der Waals surface area contributed by atoms with E-state index in [1.165, 1.54) is 30.4 Å². The summed E-state index contributed by atoms with van der Waals surface area (Å²) in [6.07, 6.45) is 6.18. The van der Waals surface area contributed by atoms with Crippen LogP contribution in [0, 0.1) is 17.2 Å². The first-order valence-corrected chi connectivity index (χ1v) is 6.42. The van der Waals surface area contributed by atoms with Crippen LogP contribution in [0.15, 0.2) is 30.3 Å². The second-order valence-corrected chi connectivity index (χ2v) is 4.96. The number of hydrogen-bond donors (Lipinski definition) is 0. The first-order chi connectivity index (χ1) is 8.22. The second kappa shape index (κ2) is 5.19. The zero-order chi connectivity index (χ0) is 12.3. The summed E-state index contributed by atoms with van der Waals surface area (Å²) in [6, 6.07) is 10.8. The van der Waals surface area contributed by atoms with Gasteiger partial charge in [0.15, 0.2) is 0 Å². The Morgan fingerprint density at radius 3 is 2.59 bits per heavy atom. The Morgan fingerprint density at radius 2 is 2.00 bits per heavy atom. The van der Waals surface area contributed by atoms with Crippen molar-refractivity contribution in [1.82, 2.24) is 0 Å². The Morgan fingerprint density at radius 1 is 1.29 bits per heavy atom. The minimum atomic E-state index is -0.0122. The fourth-order valence-corrected chi connectivity index (χ4v) is 2.48. The molecule has 0 radical (unpaired) electrons. The predicted octanol–water partition coefficient (Wildman–Crippen LogP) is 4.52. The van der Waals surface area contributed by atoms with Crippen LogP contribution in [-0.4, -0.2) is 0 Å². The largest absolute Gasteiger partial charge is 0.198 e. The lowest BCUT2D eigenvalue weighted by molar-refractivity contribution is 0.601. The molecule has 0 fully saturated rings. The van der Waals surface area contributed by atoms with Crippen LogP contribution in [0.3, 0.4) is 0 Å². The summed E-state index contributed by atoms with van der Waals surface area (Å²) in [4.78, 5) is 0. The lowest BCUT2D eigenvalue weighted by Gasteiger charge is -2.21. The van der Waals surface area contributed by atoms with Gasteiger partial charge in [0.1, 0.15) is 0 Å². The highest BCUT2D eigenvalue weighted by Gasteiger charge is 2.14. The lowest BCUT2D eigenvalue weighted by Crippen LogP contribution is -2.03. The Bertz CT molecular complexity index is 447. The van der Waals surface area contributed by atoms with Crippen molar-refractivity contribution in [3.63, 3.8) is 0 Å². The number of rotatable bonds is 2. The molecule has 0 bridgehead atoms. The maximum absolute atomic E-state index is 8.89. The van der Waals surface area contributed by atoms with Gasteiger partial charge in [0.2, 0.25) is 0 Å². The topological polar surface area (TPSA) is 23.8 Å². The molecule has 2 atom stereocenters. The maximum Gasteiger partial charge on any atom is 0.0700 e. The van der Waals surface area contributed by atoms with Crippen LogP contribution < -0.4 is 0 Å². The molecule has 1 aromatic carbocycles. The first kappa shape index (κ1) is 11.9. The van der Waals surface area contributed by atoms with Crippen molar-refractivity contribution in [2.45, 2.75) is 39.0 Å². The van der Waals surface area contributed by atoms with E-state index in [0.717, 1.165) is 5.56 Å². The number of benzene rings is 1. The maximum atomic E-state index is 8.89. The molecule has 0 amide bonds. The molecule has 1 heteroatoms. The normalized spacial score (nSPS) is 21.5. The van der Waals surface area contributed by atoms with Crippen LogP contribution in [0.2, 0.25) is 0 Å². The van der Waals surface area contributed by atoms with Crippen molar-refractivity contribution in [3.05, 3.63) is 41.5 Å². The zero-order valence-corrected chi connectivity index (χ0v) is 10.6. The molecular formula is C16H19N. The quantitative estimate of drug-likeness (QED) is 0.726. The van der Waals surface area contributed by atoms with E-state index in [4.69, 9.17) is 5.26 Å². The van der Waals surface area contributed by atoms with Crippen molar-refractivity contribution in [3.8, 4) is 6.07 Å². The van der Waals surface area contributed by atoms with Crippen molar-refractivity contribution in [2.24, 2.45) is 5.92 Å². The summed E-state index contributed by atoms with van der Waals surface area (Å²) in [7, 11) is 0. The highest BCUT2D eigenvalue weighted by molar-refractivity contribution is 5.68. The Kier molecular flexibility index (Phi) is 3.64. The van der Waals surface area contributed by atoms with Gasteiger partial charge in [-0.3, -0.25) is 0 Å². The van der Waals surface area contributed by atoms with Crippen molar-refractivity contribution in [1.29, 1.82) is 5.26 Å². The van der Waals surface area contributed by atoms with Gasteiger partial charge >= 0.3 is 0 Å². The van der Waals surface area contributed by atoms with Crippen LogP contribution >= 0.6 is 0 Å². The third-order valence-corrected chi connectivity index (χ3v) is 3.67. The molecule has 0 spiro atoms. The smallest absolute Gasteiger partial charge is 0.0700 e. The van der Waals surface area contributed by atoms with Gasteiger partial charge in [0.25, 0.3) is 0 Å². The van der Waals surface area contributed by atoms with Gasteiger partial charge in [-0.05, 0) is 48.8 Å². The minimum absolute atomic E-state index is 0.0122. The van der Waals surface area contributed by atoms with E-state index in [-0.39, 0.29) is 5.92 Å². The molecule has 0 aliphatic heterocycles. The highest BCUT2D eigenvalue weighted by Crippen LogP contribution is 2.32. The van der Waals surface area contributed by atoms with Gasteiger partial charge in [-0.25, -0.2) is 0 Å². The Labute approximate surface area is 104 Å². The fraction of sp³-hybridized carbons (Fsp3) is 0.438. The highest BCUT2D eigenvalue weighted by atomic mass is 14.3. The van der Waals surface area contributed by atoms with Crippen molar-refractivity contribution >= 4 is 5.57 Å². The molecule has 1 aromatic rings. The SMILES string of the molecule is CC1CCCC=C1c1ccc(C(C)C#N)cc1. The van der Waals surface area contributed by atoms with Gasteiger partial charge in [-0.2, -0.15) is 5.26 Å². The van der Waals surface area contributed by atoms with Gasteiger partial charge in [0, 0.05) is 0 Å². The summed E-state index contributed by atoms with van der Waals surface area (Å²) in [5, 5.41) is 8.89. The van der Waals surface area contributed by atoms with Crippen molar-refractivity contribution < 1.29 is 0 Å². The second-order valence-electron chi connectivity index (χ2n) is 4.96. The van der Waals surface area contributed by atoms with Crippen LogP contribution in [0.5, 0.6) is 0 Å². The van der Waals surface area contributed by atoms with Gasteiger partial charge < -0.3 is 0 Å². The molecule has 1 aliphatic rings. The van der Waals surface area contributed by atoms with Crippen LogP contribution in [0.1, 0.15) is 50.2 Å². The molecule has 0 aromatic heterocycles. The van der Waals surface area contributed by atoms with E-state index >= 15 is 0 Å². The zero-order valence-electron chi connectivity index (χ0n) is 10.6. The molecule has 0 heterocycles. The minimum Gasteiger partial charge on any atom is -0.198 e. The van der Waals surface area contributed by atoms with Gasteiger partial charge in [-0.15, -0.1) is 0 Å². The summed E-state index contributed by atoms with van der Waals surface area (Å²) in [6.45, 7) is 4.24. The molecule has 17 heavy (non-hydrogen) atoms. The third kappa shape index (κ3) is 2.58. The number of nitriles is 1. The first-order valence-electron chi connectivity index (χ1n) is 6.42. The van der Waals surface area contributed by atoms with E-state index in [1.807, 2.05) is 6.92 Å². The van der Waals surface area contributed by atoms with Crippen molar-refractivity contribution in [2.75, 3.05) is 0 Å². The van der Waals surface area contributed by atoms with E-state index in [0.29, 0.717) is 5.92 Å². The van der Waals surface area contributed by atoms with Crippen LogP contribution in [0.4, 0.5) is 0 Å². The average Bonchev–Trinajstić information content (AvgIpc) is 2.39. The lowest BCUT2D eigenvalue weighted by atomic mass is 9.84. The van der Waals surface area contributed by atoms with Gasteiger partial charge in [0.05, 0.1) is 12.0 Å². The van der Waals surface area contributed by atoms with Gasteiger partial charge in [-0.1, -0.05) is 37.3 Å². The number of allylic oxidation sites excluding steroid dienone is 2. The summed E-state index contributed by atoms with van der Waals surface area (Å²) in [5.41, 5.74) is 3.92. The molecule has 1 nitrogen and oxygen atoms in total. The number of nitrogens with zero attached hydrogens (tertiary/aromatic N) is 1. The monoisotopic (exact) mass is 225 g/mol. The Hall–Kier alpha value is -1.55. The third-order valence-electron chi connectivity index (χ3n) is 3.67. The van der Waals surface area contributed by atoms with E-state index in [9.17, 15) is 0 Å². The predicted molar refractivity (Wildman–Crippen MR) is 71.5 cm³/mol. The molecule has 0 saturated carbocycles. The van der Waals surface area contributed by atoms with Crippen LogP contribution in [-0.2, 0) is 0 Å². The van der Waals surface area contributed by atoms with E-state index in [2.05, 4.69) is 43.3 Å². The molecule has 2 rings (SSSR count). The molecule has 0 saturated heterocycles. The summed E-state index contributed by atoms with van der Waals surface area (Å²) in [5.74, 6) is 0.657. The molecule has 0 N–H and O–H groups in total. The summed E-state index contributed by atoms with van der Waals surface area (Å²) >= 11 is 0. The van der Waals surface area contributed by atoms with Crippen LogP contribution in [0.25, 0.3) is 5.57 Å². The number of hydrogen-bond acceptors (Lipinski definition) is 1.